The summed E-state index contributed by atoms with van der Waals surface area (Å²) in [6.07, 6.45) is 10.6. The minimum Gasteiger partial charge on any atom is -0.431 e. The third kappa shape index (κ3) is 3.53. The Labute approximate surface area is 169 Å². The van der Waals surface area contributed by atoms with Crippen molar-refractivity contribution in [1.82, 2.24) is 15.0 Å². The number of carbonyl (C=O) groups is 1. The highest BCUT2D eigenvalue weighted by Gasteiger charge is 2.47. The van der Waals surface area contributed by atoms with Crippen LogP contribution in [0.3, 0.4) is 0 Å². The number of ether oxygens (including phenoxy) is 1. The van der Waals surface area contributed by atoms with E-state index in [-0.39, 0.29) is 18.0 Å². The molecule has 1 amide bonds. The van der Waals surface area contributed by atoms with Gasteiger partial charge in [0.2, 0.25) is 0 Å². The molecule has 3 atom stereocenters. The third-order valence-electron chi connectivity index (χ3n) is 6.41. The first-order valence-corrected chi connectivity index (χ1v) is 10.3. The first kappa shape index (κ1) is 18.3. The van der Waals surface area contributed by atoms with Crippen molar-refractivity contribution in [2.24, 2.45) is 11.8 Å². The quantitative estimate of drug-likeness (QED) is 0.757. The molecule has 2 saturated heterocycles. The van der Waals surface area contributed by atoms with E-state index in [2.05, 4.69) is 16.1 Å². The molecule has 0 bridgehead atoms. The number of rotatable bonds is 3. The van der Waals surface area contributed by atoms with Gasteiger partial charge in [0.15, 0.2) is 6.73 Å². The Morgan fingerprint density at radius 1 is 1.14 bits per heavy atom. The summed E-state index contributed by atoms with van der Waals surface area (Å²) in [6, 6.07) is 10.6. The van der Waals surface area contributed by atoms with Gasteiger partial charge in [0.05, 0.1) is 11.7 Å². The summed E-state index contributed by atoms with van der Waals surface area (Å²) in [5.74, 6) is 0.818. The molecule has 1 aromatic heterocycles. The molecule has 5 nitrogen and oxygen atoms in total. The highest BCUT2D eigenvalue weighted by Crippen LogP contribution is 2.41. The predicted molar refractivity (Wildman–Crippen MR) is 108 cm³/mol. The molecule has 1 saturated carbocycles. The zero-order valence-electron chi connectivity index (χ0n) is 16.2. The lowest BCUT2D eigenvalue weighted by Crippen LogP contribution is -2.57. The van der Waals surface area contributed by atoms with Crippen LogP contribution in [0.25, 0.3) is 17.2 Å². The van der Waals surface area contributed by atoms with Crippen molar-refractivity contribution in [3.05, 3.63) is 60.2 Å². The number of hydrogen-bond donors (Lipinski definition) is 0. The van der Waals surface area contributed by atoms with Crippen molar-refractivity contribution in [3.8, 4) is 11.1 Å². The van der Waals surface area contributed by atoms with E-state index in [1.807, 2.05) is 24.3 Å². The van der Waals surface area contributed by atoms with Gasteiger partial charge in [-0.25, -0.2) is 14.2 Å². The van der Waals surface area contributed by atoms with Gasteiger partial charge < -0.3 is 4.74 Å². The molecule has 0 spiro atoms. The maximum absolute atomic E-state index is 13.5. The Bertz CT molecular complexity index is 930. The summed E-state index contributed by atoms with van der Waals surface area (Å²) in [5.41, 5.74) is 2.55. The molecule has 2 aromatic rings. The van der Waals surface area contributed by atoms with E-state index in [0.29, 0.717) is 18.6 Å². The summed E-state index contributed by atoms with van der Waals surface area (Å²) in [5, 5.41) is 3.84. The highest BCUT2D eigenvalue weighted by molar-refractivity contribution is 5.69. The number of halogens is 1. The molecule has 5 rings (SSSR count). The van der Waals surface area contributed by atoms with Crippen LogP contribution < -0.4 is 0 Å². The third-order valence-corrected chi connectivity index (χ3v) is 6.41. The van der Waals surface area contributed by atoms with Crippen LogP contribution >= 0.6 is 0 Å². The fourth-order valence-electron chi connectivity index (χ4n) is 4.93. The molecule has 1 aromatic carbocycles. The second kappa shape index (κ2) is 7.59. The summed E-state index contributed by atoms with van der Waals surface area (Å²) >= 11 is 0. The Morgan fingerprint density at radius 2 is 2.03 bits per heavy atom. The first-order chi connectivity index (χ1) is 14.2. The standard InChI is InChI=1S/C23H24FN3O2/c24-19-6-3-5-16(12-19)17-8-9-20(25-13-17)10-11-22-21-7-2-1-4-18(21)14-26-23(28)29-15-27(22)26/h3,5-6,8-13,18,21-22H,1-2,4,7,14-15H2/b11-10+. The summed E-state index contributed by atoms with van der Waals surface area (Å²) < 4.78 is 18.8. The van der Waals surface area contributed by atoms with Gasteiger partial charge in [0, 0.05) is 18.3 Å². The summed E-state index contributed by atoms with van der Waals surface area (Å²) in [7, 11) is 0. The molecular formula is C23H24FN3O2. The van der Waals surface area contributed by atoms with E-state index < -0.39 is 0 Å². The van der Waals surface area contributed by atoms with Crippen molar-refractivity contribution >= 4 is 12.2 Å². The minimum absolute atomic E-state index is 0.144. The monoisotopic (exact) mass is 393 g/mol. The molecule has 1 aliphatic carbocycles. The van der Waals surface area contributed by atoms with Gasteiger partial charge in [0.25, 0.3) is 0 Å². The second-order valence-electron chi connectivity index (χ2n) is 8.10. The molecule has 0 N–H and O–H groups in total. The number of pyridine rings is 1. The van der Waals surface area contributed by atoms with E-state index >= 15 is 0 Å². The summed E-state index contributed by atoms with van der Waals surface area (Å²) in [6.45, 7) is 1.09. The largest absolute Gasteiger partial charge is 0.431 e. The van der Waals surface area contributed by atoms with Crippen LogP contribution in [0.1, 0.15) is 31.4 Å². The second-order valence-corrected chi connectivity index (χ2v) is 8.10. The lowest BCUT2D eigenvalue weighted by molar-refractivity contribution is -0.0799. The van der Waals surface area contributed by atoms with Crippen molar-refractivity contribution in [2.45, 2.75) is 31.7 Å². The molecule has 6 heteroatoms. The Hall–Kier alpha value is -2.73. The van der Waals surface area contributed by atoms with Crippen LogP contribution in [0.15, 0.2) is 48.7 Å². The number of amides is 1. The van der Waals surface area contributed by atoms with E-state index in [0.717, 1.165) is 23.4 Å². The van der Waals surface area contributed by atoms with Crippen LogP contribution in [-0.4, -0.2) is 40.4 Å². The van der Waals surface area contributed by atoms with Crippen LogP contribution in [0, 0.1) is 17.7 Å². The number of hydrazine groups is 1. The van der Waals surface area contributed by atoms with Gasteiger partial charge in [0.1, 0.15) is 5.82 Å². The smallest absolute Gasteiger partial charge is 0.425 e. The Balaban J connectivity index is 1.37. The Morgan fingerprint density at radius 3 is 2.86 bits per heavy atom. The van der Waals surface area contributed by atoms with Gasteiger partial charge in [-0.2, -0.15) is 5.01 Å². The number of hydrogen-bond acceptors (Lipinski definition) is 4. The van der Waals surface area contributed by atoms with Gasteiger partial charge in [-0.15, -0.1) is 0 Å². The number of fused-ring (bicyclic) bond motifs is 2. The number of aromatic nitrogens is 1. The van der Waals surface area contributed by atoms with Crippen molar-refractivity contribution in [3.63, 3.8) is 0 Å². The average molecular weight is 393 g/mol. The van der Waals surface area contributed by atoms with E-state index in [9.17, 15) is 9.18 Å². The number of carbonyl (C=O) groups excluding carboxylic acids is 1. The molecule has 3 aliphatic rings. The predicted octanol–water partition coefficient (Wildman–Crippen LogP) is 4.72. The van der Waals surface area contributed by atoms with E-state index in [1.165, 1.54) is 37.8 Å². The Kier molecular flexibility index (Phi) is 4.79. The van der Waals surface area contributed by atoms with Crippen LogP contribution in [0.4, 0.5) is 9.18 Å². The number of benzene rings is 1. The molecule has 3 fully saturated rings. The fourth-order valence-corrected chi connectivity index (χ4v) is 4.93. The molecular weight excluding hydrogens is 369 g/mol. The molecule has 150 valence electrons. The lowest BCUT2D eigenvalue weighted by Gasteiger charge is -2.47. The molecule has 0 radical (unpaired) electrons. The van der Waals surface area contributed by atoms with Gasteiger partial charge >= 0.3 is 6.09 Å². The SMILES string of the molecule is O=C1OCN2C(/C=C/c3ccc(-c4cccc(F)c4)cn3)C3CCCCC3CN12. The number of nitrogens with zero attached hydrogens (tertiary/aromatic N) is 3. The normalized spacial score (nSPS) is 27.0. The lowest BCUT2D eigenvalue weighted by atomic mass is 9.73. The maximum Gasteiger partial charge on any atom is 0.425 e. The van der Waals surface area contributed by atoms with Crippen molar-refractivity contribution in [2.75, 3.05) is 13.3 Å². The molecule has 2 aliphatic heterocycles. The molecule has 29 heavy (non-hydrogen) atoms. The van der Waals surface area contributed by atoms with Crippen LogP contribution in [-0.2, 0) is 4.74 Å². The van der Waals surface area contributed by atoms with E-state index in [1.54, 1.807) is 17.3 Å². The average Bonchev–Trinajstić information content (AvgIpc) is 3.12. The van der Waals surface area contributed by atoms with E-state index in [4.69, 9.17) is 4.74 Å². The maximum atomic E-state index is 13.5. The van der Waals surface area contributed by atoms with Crippen molar-refractivity contribution < 1.29 is 13.9 Å². The van der Waals surface area contributed by atoms with Gasteiger partial charge in [-0.3, -0.25) is 4.98 Å². The summed E-state index contributed by atoms with van der Waals surface area (Å²) in [4.78, 5) is 16.6. The van der Waals surface area contributed by atoms with Gasteiger partial charge in [-0.05, 0) is 54.5 Å². The molecule has 3 heterocycles. The fraction of sp³-hybridized carbons (Fsp3) is 0.391. The zero-order valence-corrected chi connectivity index (χ0v) is 16.2. The molecule has 3 unspecified atom stereocenters. The highest BCUT2D eigenvalue weighted by atomic mass is 19.1. The van der Waals surface area contributed by atoms with Crippen molar-refractivity contribution in [1.29, 1.82) is 0 Å². The minimum atomic E-state index is -0.252. The first-order valence-electron chi connectivity index (χ1n) is 10.3. The van der Waals surface area contributed by atoms with Gasteiger partial charge in [-0.1, -0.05) is 37.1 Å². The number of cyclic esters (lactones) is 1. The van der Waals surface area contributed by atoms with Crippen LogP contribution in [0.2, 0.25) is 0 Å². The van der Waals surface area contributed by atoms with Crippen LogP contribution in [0.5, 0.6) is 0 Å². The topological polar surface area (TPSA) is 45.7 Å². The zero-order chi connectivity index (χ0) is 19.8.